The number of fused-ring (bicyclic) bond motifs is 2. The molecular weight excluding hydrogens is 280 g/mol. The molecule has 0 atom stereocenters. The Balaban J connectivity index is 1.99. The van der Waals surface area contributed by atoms with Gasteiger partial charge in [-0.2, -0.15) is 4.98 Å². The number of anilines is 2. The van der Waals surface area contributed by atoms with E-state index in [4.69, 9.17) is 5.73 Å². The van der Waals surface area contributed by atoms with Gasteiger partial charge in [0.25, 0.3) is 0 Å². The summed E-state index contributed by atoms with van der Waals surface area (Å²) in [6, 6.07) is 5.72. The molecule has 4 aromatic heterocycles. The average molecular weight is 292 g/mol. The van der Waals surface area contributed by atoms with Gasteiger partial charge in [0.05, 0.1) is 5.69 Å². The molecule has 0 aromatic carbocycles. The Kier molecular flexibility index (Phi) is 2.62. The molecule has 3 N–H and O–H groups in total. The first kappa shape index (κ1) is 12.5. The Labute approximate surface area is 125 Å². The molecule has 108 valence electrons. The summed E-state index contributed by atoms with van der Waals surface area (Å²) < 4.78 is 1.69. The summed E-state index contributed by atoms with van der Waals surface area (Å²) >= 11 is 0. The van der Waals surface area contributed by atoms with Crippen LogP contribution in [-0.2, 0) is 0 Å². The van der Waals surface area contributed by atoms with Crippen LogP contribution in [0.2, 0.25) is 0 Å². The van der Waals surface area contributed by atoms with Crippen molar-refractivity contribution in [2.75, 3.05) is 18.1 Å². The Morgan fingerprint density at radius 3 is 2.82 bits per heavy atom. The Morgan fingerprint density at radius 2 is 1.95 bits per heavy atom. The number of nitrogens with zero attached hydrogens (tertiary/aromatic N) is 6. The minimum Gasteiger partial charge on any atom is -0.371 e. The highest BCUT2D eigenvalue weighted by Crippen LogP contribution is 2.29. The highest BCUT2D eigenvalue weighted by Gasteiger charge is 2.14. The first-order valence-electron chi connectivity index (χ1n) is 6.67. The predicted molar refractivity (Wildman–Crippen MR) is 83.3 cm³/mol. The van der Waals surface area contributed by atoms with Crippen LogP contribution < -0.4 is 11.1 Å². The van der Waals surface area contributed by atoms with Crippen molar-refractivity contribution >= 4 is 28.4 Å². The van der Waals surface area contributed by atoms with Gasteiger partial charge in [-0.15, -0.1) is 5.10 Å². The second-order valence-electron chi connectivity index (χ2n) is 4.69. The lowest BCUT2D eigenvalue weighted by Gasteiger charge is -2.06. The molecule has 8 heteroatoms. The molecule has 0 unspecified atom stereocenters. The number of hydrogen-bond acceptors (Lipinski definition) is 7. The van der Waals surface area contributed by atoms with Gasteiger partial charge in [0.2, 0.25) is 5.95 Å². The highest BCUT2D eigenvalue weighted by molar-refractivity contribution is 5.89. The third-order valence-corrected chi connectivity index (χ3v) is 3.37. The monoisotopic (exact) mass is 292 g/mol. The first-order valence-corrected chi connectivity index (χ1v) is 6.67. The Hall–Kier alpha value is -3.29. The van der Waals surface area contributed by atoms with Crippen LogP contribution in [0.5, 0.6) is 0 Å². The molecule has 4 aromatic rings. The second-order valence-corrected chi connectivity index (χ2v) is 4.69. The van der Waals surface area contributed by atoms with Crippen LogP contribution in [0.25, 0.3) is 27.9 Å². The summed E-state index contributed by atoms with van der Waals surface area (Å²) in [5, 5.41) is 7.22. The zero-order chi connectivity index (χ0) is 15.1. The van der Waals surface area contributed by atoms with E-state index in [1.54, 1.807) is 24.0 Å². The Bertz CT molecular complexity index is 991. The molecule has 0 aliphatic carbocycles. The normalized spacial score (nSPS) is 11.1. The van der Waals surface area contributed by atoms with Crippen LogP contribution in [0.3, 0.4) is 0 Å². The van der Waals surface area contributed by atoms with Gasteiger partial charge in [-0.05, 0) is 18.2 Å². The minimum absolute atomic E-state index is 0.205. The molecule has 0 fully saturated rings. The van der Waals surface area contributed by atoms with E-state index in [0.29, 0.717) is 11.5 Å². The van der Waals surface area contributed by atoms with E-state index in [0.717, 1.165) is 22.3 Å². The fraction of sp³-hybridized carbons (Fsp3) is 0.0714. The number of rotatable bonds is 2. The van der Waals surface area contributed by atoms with Crippen molar-refractivity contribution in [1.82, 2.24) is 29.5 Å². The van der Waals surface area contributed by atoms with Crippen LogP contribution in [0, 0.1) is 0 Å². The van der Waals surface area contributed by atoms with Crippen molar-refractivity contribution in [2.45, 2.75) is 0 Å². The van der Waals surface area contributed by atoms with Crippen LogP contribution in [0.1, 0.15) is 0 Å². The van der Waals surface area contributed by atoms with Crippen LogP contribution >= 0.6 is 0 Å². The standard InChI is InChI=1S/C14H12N8/c1-16-13-11-8(4-7-22(11)21-14(15)20-13)9-2-3-10-12(19-9)18-6-5-17-10/h2-7H,1H3,(H3,15,16,20,21). The van der Waals surface area contributed by atoms with Gasteiger partial charge in [-0.3, -0.25) is 4.98 Å². The van der Waals surface area contributed by atoms with E-state index in [9.17, 15) is 0 Å². The van der Waals surface area contributed by atoms with Gasteiger partial charge >= 0.3 is 0 Å². The van der Waals surface area contributed by atoms with Gasteiger partial charge in [0, 0.05) is 31.2 Å². The number of nitrogens with two attached hydrogens (primary N) is 1. The number of pyridine rings is 1. The van der Waals surface area contributed by atoms with Gasteiger partial charge in [-0.1, -0.05) is 0 Å². The topological polar surface area (TPSA) is 107 Å². The lowest BCUT2D eigenvalue weighted by molar-refractivity contribution is 0.919. The predicted octanol–water partition coefficient (Wildman–Crippen LogP) is 1.36. The molecule has 0 spiro atoms. The maximum atomic E-state index is 5.71. The summed E-state index contributed by atoms with van der Waals surface area (Å²) in [5.41, 5.74) is 9.55. The van der Waals surface area contributed by atoms with E-state index < -0.39 is 0 Å². The van der Waals surface area contributed by atoms with Crippen molar-refractivity contribution in [2.24, 2.45) is 0 Å². The molecule has 0 amide bonds. The molecule has 8 nitrogen and oxygen atoms in total. The van der Waals surface area contributed by atoms with Gasteiger partial charge < -0.3 is 11.1 Å². The summed E-state index contributed by atoms with van der Waals surface area (Å²) in [7, 11) is 1.79. The zero-order valence-corrected chi connectivity index (χ0v) is 11.7. The van der Waals surface area contributed by atoms with Crippen molar-refractivity contribution in [3.8, 4) is 11.3 Å². The summed E-state index contributed by atoms with van der Waals surface area (Å²) in [6.07, 6.45) is 5.10. The maximum absolute atomic E-state index is 5.71. The fourth-order valence-corrected chi connectivity index (χ4v) is 2.43. The minimum atomic E-state index is 0.205. The van der Waals surface area contributed by atoms with Crippen LogP contribution in [-0.4, -0.2) is 36.6 Å². The lowest BCUT2D eigenvalue weighted by atomic mass is 10.2. The van der Waals surface area contributed by atoms with E-state index >= 15 is 0 Å². The first-order chi connectivity index (χ1) is 10.8. The molecule has 0 saturated heterocycles. The molecule has 0 radical (unpaired) electrons. The quantitative estimate of drug-likeness (QED) is 0.574. The largest absolute Gasteiger partial charge is 0.371 e. The van der Waals surface area contributed by atoms with Crippen LogP contribution in [0.4, 0.5) is 11.8 Å². The summed E-state index contributed by atoms with van der Waals surface area (Å²) in [5.74, 6) is 0.852. The SMILES string of the molecule is CNc1nc(N)nn2ccc(-c3ccc4nccnc4n3)c12. The molecule has 0 saturated carbocycles. The van der Waals surface area contributed by atoms with Gasteiger partial charge in [-0.25, -0.2) is 14.5 Å². The third kappa shape index (κ3) is 1.81. The van der Waals surface area contributed by atoms with E-state index in [-0.39, 0.29) is 5.95 Å². The van der Waals surface area contributed by atoms with Crippen molar-refractivity contribution in [1.29, 1.82) is 0 Å². The average Bonchev–Trinajstić information content (AvgIpc) is 2.97. The van der Waals surface area contributed by atoms with Crippen LogP contribution in [0.15, 0.2) is 36.8 Å². The van der Waals surface area contributed by atoms with E-state index in [1.165, 1.54) is 0 Å². The molecule has 4 rings (SSSR count). The smallest absolute Gasteiger partial charge is 0.240 e. The van der Waals surface area contributed by atoms with Crippen molar-refractivity contribution in [3.05, 3.63) is 36.8 Å². The Morgan fingerprint density at radius 1 is 1.09 bits per heavy atom. The number of hydrogen-bond donors (Lipinski definition) is 2. The number of nitrogen functional groups attached to an aromatic ring is 1. The van der Waals surface area contributed by atoms with E-state index in [2.05, 4.69) is 30.4 Å². The maximum Gasteiger partial charge on any atom is 0.240 e. The fourth-order valence-electron chi connectivity index (χ4n) is 2.43. The van der Waals surface area contributed by atoms with E-state index in [1.807, 2.05) is 24.4 Å². The summed E-state index contributed by atoms with van der Waals surface area (Å²) in [6.45, 7) is 0. The molecular formula is C14H12N8. The van der Waals surface area contributed by atoms with Crippen molar-refractivity contribution in [3.63, 3.8) is 0 Å². The summed E-state index contributed by atoms with van der Waals surface area (Å²) in [4.78, 5) is 17.3. The molecule has 4 heterocycles. The molecule has 22 heavy (non-hydrogen) atoms. The van der Waals surface area contributed by atoms with Crippen molar-refractivity contribution < 1.29 is 0 Å². The number of aromatic nitrogens is 6. The van der Waals surface area contributed by atoms with Gasteiger partial charge in [0.15, 0.2) is 11.5 Å². The second kappa shape index (κ2) is 4.62. The number of nitrogens with one attached hydrogen (secondary N) is 1. The van der Waals surface area contributed by atoms with Gasteiger partial charge in [0.1, 0.15) is 11.0 Å². The highest BCUT2D eigenvalue weighted by atomic mass is 15.3. The molecule has 0 aliphatic heterocycles. The lowest BCUT2D eigenvalue weighted by Crippen LogP contribution is -2.05. The molecule has 0 aliphatic rings. The zero-order valence-electron chi connectivity index (χ0n) is 11.7. The molecule has 0 bridgehead atoms. The third-order valence-electron chi connectivity index (χ3n) is 3.37.